The van der Waals surface area contributed by atoms with Crippen LogP contribution in [0.25, 0.3) is 0 Å². The SMILES string of the molecule is CCC(C)OC(=O)Oc1ccc(C[C@H](N)C(=O)O[C@H](C)COC(C)=O)cc1OC(=O)OC(C)CC. The molecule has 0 saturated carbocycles. The Bertz CT molecular complexity index is 872. The smallest absolute Gasteiger partial charge is 0.462 e. The number of esters is 2. The molecule has 0 amide bonds. The van der Waals surface area contributed by atoms with Crippen LogP contribution in [0.2, 0.25) is 0 Å². The van der Waals surface area contributed by atoms with Gasteiger partial charge in [0.2, 0.25) is 0 Å². The number of carbonyl (C=O) groups is 4. The molecule has 0 aromatic heterocycles. The summed E-state index contributed by atoms with van der Waals surface area (Å²) in [7, 11) is 0. The van der Waals surface area contributed by atoms with Crippen molar-refractivity contribution in [1.82, 2.24) is 0 Å². The van der Waals surface area contributed by atoms with Gasteiger partial charge in [-0.25, -0.2) is 9.59 Å². The summed E-state index contributed by atoms with van der Waals surface area (Å²) in [4.78, 5) is 47.4. The molecule has 2 unspecified atom stereocenters. The van der Waals surface area contributed by atoms with E-state index in [2.05, 4.69) is 0 Å². The van der Waals surface area contributed by atoms with Crippen molar-refractivity contribution < 1.29 is 47.6 Å². The highest BCUT2D eigenvalue weighted by atomic mass is 16.7. The summed E-state index contributed by atoms with van der Waals surface area (Å²) < 4.78 is 30.6. The fourth-order valence-electron chi connectivity index (χ4n) is 2.46. The molecule has 4 atom stereocenters. The van der Waals surface area contributed by atoms with Crippen LogP contribution in [-0.2, 0) is 35.0 Å². The molecule has 196 valence electrons. The van der Waals surface area contributed by atoms with Gasteiger partial charge in [-0.2, -0.15) is 0 Å². The van der Waals surface area contributed by atoms with Crippen molar-refractivity contribution in [2.24, 2.45) is 5.73 Å². The normalized spacial score (nSPS) is 14.0. The first kappa shape index (κ1) is 29.7. The first-order valence-electron chi connectivity index (χ1n) is 11.4. The van der Waals surface area contributed by atoms with Crippen LogP contribution in [0.4, 0.5) is 9.59 Å². The molecule has 1 rings (SSSR count). The number of ether oxygens (including phenoxy) is 6. The van der Waals surface area contributed by atoms with E-state index >= 15 is 0 Å². The summed E-state index contributed by atoms with van der Waals surface area (Å²) in [5, 5.41) is 0. The molecule has 0 aliphatic heterocycles. The molecule has 2 N–H and O–H groups in total. The standard InChI is InChI=1S/C24H35NO10/c1-7-14(3)32-23(28)34-20-10-9-18(12-21(20)35-24(29)33-15(4)8-2)11-19(25)22(27)31-16(5)13-30-17(6)26/h9-10,12,14-16,19H,7-8,11,13,25H2,1-6H3/t14?,15?,16-,19+/m1/s1. The molecular weight excluding hydrogens is 462 g/mol. The van der Waals surface area contributed by atoms with Crippen LogP contribution in [0, 0.1) is 0 Å². The minimum absolute atomic E-state index is 0.0213. The van der Waals surface area contributed by atoms with Crippen molar-refractivity contribution in [3.63, 3.8) is 0 Å². The van der Waals surface area contributed by atoms with Gasteiger partial charge in [-0.05, 0) is 57.7 Å². The van der Waals surface area contributed by atoms with Gasteiger partial charge >= 0.3 is 24.2 Å². The number of nitrogens with two attached hydrogens (primary N) is 1. The van der Waals surface area contributed by atoms with E-state index in [0.717, 1.165) is 0 Å². The van der Waals surface area contributed by atoms with E-state index in [-0.39, 0.29) is 36.7 Å². The van der Waals surface area contributed by atoms with Gasteiger partial charge in [0.15, 0.2) is 11.5 Å². The van der Waals surface area contributed by atoms with Crippen molar-refractivity contribution in [1.29, 1.82) is 0 Å². The third kappa shape index (κ3) is 11.6. The van der Waals surface area contributed by atoms with Gasteiger partial charge in [0.25, 0.3) is 0 Å². The second-order valence-corrected chi connectivity index (χ2v) is 8.02. The first-order chi connectivity index (χ1) is 16.4. The molecule has 0 saturated heterocycles. The van der Waals surface area contributed by atoms with Gasteiger partial charge in [-0.15, -0.1) is 0 Å². The molecule has 0 radical (unpaired) electrons. The molecule has 0 fully saturated rings. The Hall–Kier alpha value is -3.34. The predicted octanol–water partition coefficient (Wildman–Crippen LogP) is 3.68. The monoisotopic (exact) mass is 497 g/mol. The van der Waals surface area contributed by atoms with Gasteiger partial charge < -0.3 is 34.2 Å². The van der Waals surface area contributed by atoms with Crippen molar-refractivity contribution in [2.75, 3.05) is 6.61 Å². The minimum Gasteiger partial charge on any atom is -0.462 e. The quantitative estimate of drug-likeness (QED) is 0.256. The first-order valence-corrected chi connectivity index (χ1v) is 11.4. The zero-order chi connectivity index (χ0) is 26.5. The lowest BCUT2D eigenvalue weighted by molar-refractivity contribution is -0.157. The summed E-state index contributed by atoms with van der Waals surface area (Å²) in [6, 6.07) is 3.28. The molecule has 35 heavy (non-hydrogen) atoms. The lowest BCUT2D eigenvalue weighted by Crippen LogP contribution is -2.37. The van der Waals surface area contributed by atoms with Gasteiger partial charge in [0.05, 0.1) is 0 Å². The maximum Gasteiger partial charge on any atom is 0.514 e. The number of hydrogen-bond acceptors (Lipinski definition) is 11. The molecule has 11 nitrogen and oxygen atoms in total. The second kappa shape index (κ2) is 14.8. The van der Waals surface area contributed by atoms with Crippen LogP contribution < -0.4 is 15.2 Å². The van der Waals surface area contributed by atoms with E-state index in [4.69, 9.17) is 34.2 Å². The average molecular weight is 498 g/mol. The maximum atomic E-state index is 12.3. The Kier molecular flexibility index (Phi) is 12.6. The largest absolute Gasteiger partial charge is 0.514 e. The molecule has 1 aromatic carbocycles. The lowest BCUT2D eigenvalue weighted by Gasteiger charge is -2.18. The second-order valence-electron chi connectivity index (χ2n) is 8.02. The molecule has 0 spiro atoms. The van der Waals surface area contributed by atoms with Crippen LogP contribution >= 0.6 is 0 Å². The summed E-state index contributed by atoms with van der Waals surface area (Å²) in [5.41, 5.74) is 6.45. The minimum atomic E-state index is -1.06. The van der Waals surface area contributed by atoms with Crippen LogP contribution in [-0.4, -0.2) is 55.2 Å². The average Bonchev–Trinajstić information content (AvgIpc) is 2.78. The molecular formula is C24H35NO10. The summed E-state index contributed by atoms with van der Waals surface area (Å²) in [6.45, 7) is 9.81. The molecule has 0 aliphatic carbocycles. The summed E-state index contributed by atoms with van der Waals surface area (Å²) >= 11 is 0. The van der Waals surface area contributed by atoms with Crippen LogP contribution in [0.5, 0.6) is 11.5 Å². The highest BCUT2D eigenvalue weighted by Gasteiger charge is 2.22. The Morgan fingerprint density at radius 1 is 0.829 bits per heavy atom. The van der Waals surface area contributed by atoms with Gasteiger partial charge in [0, 0.05) is 6.92 Å². The van der Waals surface area contributed by atoms with Crippen molar-refractivity contribution in [3.8, 4) is 11.5 Å². The Labute approximate surface area is 205 Å². The molecule has 1 aromatic rings. The number of carbonyl (C=O) groups excluding carboxylic acids is 4. The van der Waals surface area contributed by atoms with E-state index in [1.165, 1.54) is 19.1 Å². The van der Waals surface area contributed by atoms with E-state index in [0.29, 0.717) is 18.4 Å². The highest BCUT2D eigenvalue weighted by molar-refractivity contribution is 5.76. The molecule has 0 heterocycles. The molecule has 11 heteroatoms. The van der Waals surface area contributed by atoms with E-state index in [1.54, 1.807) is 26.8 Å². The zero-order valence-corrected chi connectivity index (χ0v) is 21.0. The van der Waals surface area contributed by atoms with Gasteiger partial charge in [-0.1, -0.05) is 19.9 Å². The van der Waals surface area contributed by atoms with Gasteiger partial charge in [-0.3, -0.25) is 9.59 Å². The third-order valence-corrected chi connectivity index (χ3v) is 4.74. The van der Waals surface area contributed by atoms with E-state index in [1.807, 2.05) is 13.8 Å². The fraction of sp³-hybridized carbons (Fsp3) is 0.583. The number of benzene rings is 1. The van der Waals surface area contributed by atoms with Gasteiger partial charge in [0.1, 0.15) is 31.0 Å². The summed E-state index contributed by atoms with van der Waals surface area (Å²) in [6.07, 6.45) is -2.20. The van der Waals surface area contributed by atoms with Crippen LogP contribution in [0.15, 0.2) is 18.2 Å². The van der Waals surface area contributed by atoms with Crippen LogP contribution in [0.3, 0.4) is 0 Å². The number of rotatable bonds is 12. The van der Waals surface area contributed by atoms with E-state index < -0.39 is 36.4 Å². The van der Waals surface area contributed by atoms with Crippen LogP contribution in [0.1, 0.15) is 59.9 Å². The number of hydrogen-bond donors (Lipinski definition) is 1. The third-order valence-electron chi connectivity index (χ3n) is 4.74. The Morgan fingerprint density at radius 2 is 1.37 bits per heavy atom. The van der Waals surface area contributed by atoms with E-state index in [9.17, 15) is 19.2 Å². The van der Waals surface area contributed by atoms with Crippen molar-refractivity contribution in [3.05, 3.63) is 23.8 Å². The Morgan fingerprint density at radius 3 is 1.89 bits per heavy atom. The molecule has 0 aliphatic rings. The zero-order valence-electron chi connectivity index (χ0n) is 21.0. The topological polar surface area (TPSA) is 150 Å². The summed E-state index contributed by atoms with van der Waals surface area (Å²) in [5.74, 6) is -1.39. The van der Waals surface area contributed by atoms with Crippen molar-refractivity contribution in [2.45, 2.75) is 85.2 Å². The Balaban J connectivity index is 2.97. The highest BCUT2D eigenvalue weighted by Crippen LogP contribution is 2.30. The maximum absolute atomic E-state index is 12.3. The van der Waals surface area contributed by atoms with Crippen molar-refractivity contribution >= 4 is 24.2 Å². The fourth-order valence-corrected chi connectivity index (χ4v) is 2.46. The predicted molar refractivity (Wildman–Crippen MR) is 124 cm³/mol. The molecule has 0 bridgehead atoms. The lowest BCUT2D eigenvalue weighted by atomic mass is 10.1.